The summed E-state index contributed by atoms with van der Waals surface area (Å²) in [5.74, 6) is -0.542. The van der Waals surface area contributed by atoms with Crippen molar-refractivity contribution >= 4 is 11.9 Å². The third-order valence-corrected chi connectivity index (χ3v) is 4.01. The first-order valence-corrected chi connectivity index (χ1v) is 8.57. The van der Waals surface area contributed by atoms with Crippen LogP contribution in [0.15, 0.2) is 61.1 Å². The van der Waals surface area contributed by atoms with Crippen LogP contribution in [-0.2, 0) is 16.1 Å². The van der Waals surface area contributed by atoms with E-state index in [0.717, 1.165) is 11.3 Å². The number of likely N-dealkylation sites (N-methyl/N-ethyl adjacent to an activating group) is 1. The van der Waals surface area contributed by atoms with Crippen LogP contribution < -0.4 is 4.74 Å². The molecule has 2 aromatic heterocycles. The Labute approximate surface area is 162 Å². The fourth-order valence-electron chi connectivity index (χ4n) is 2.47. The van der Waals surface area contributed by atoms with Gasteiger partial charge in [-0.1, -0.05) is 18.2 Å². The van der Waals surface area contributed by atoms with Gasteiger partial charge in [0.2, 0.25) is 5.88 Å². The zero-order valence-electron chi connectivity index (χ0n) is 15.6. The number of benzene rings is 1. The first-order chi connectivity index (χ1) is 13.6. The summed E-state index contributed by atoms with van der Waals surface area (Å²) >= 11 is 0. The molecule has 0 radical (unpaired) electrons. The van der Waals surface area contributed by atoms with Gasteiger partial charge < -0.3 is 14.4 Å². The Morgan fingerprint density at radius 3 is 2.57 bits per heavy atom. The van der Waals surface area contributed by atoms with Crippen LogP contribution in [0.5, 0.6) is 5.88 Å². The van der Waals surface area contributed by atoms with Crippen LogP contribution in [0, 0.1) is 0 Å². The van der Waals surface area contributed by atoms with Gasteiger partial charge in [-0.25, -0.2) is 14.5 Å². The van der Waals surface area contributed by atoms with Gasteiger partial charge in [-0.3, -0.25) is 4.79 Å². The smallest absolute Gasteiger partial charge is 0.340 e. The Morgan fingerprint density at radius 1 is 1.11 bits per heavy atom. The monoisotopic (exact) mass is 380 g/mol. The number of ether oxygens (including phenoxy) is 2. The minimum atomic E-state index is -0.617. The highest BCUT2D eigenvalue weighted by molar-refractivity contribution is 5.91. The lowest BCUT2D eigenvalue weighted by molar-refractivity contribution is -0.133. The highest BCUT2D eigenvalue weighted by Crippen LogP contribution is 2.10. The summed E-state index contributed by atoms with van der Waals surface area (Å²) < 4.78 is 11.7. The highest BCUT2D eigenvalue weighted by atomic mass is 16.5. The van der Waals surface area contributed by atoms with Gasteiger partial charge in [-0.15, -0.1) is 0 Å². The van der Waals surface area contributed by atoms with Crippen molar-refractivity contribution in [2.45, 2.75) is 6.54 Å². The van der Waals surface area contributed by atoms with Crippen molar-refractivity contribution in [2.24, 2.45) is 0 Å². The molecule has 0 spiro atoms. The first kappa shape index (κ1) is 19.1. The number of rotatable bonds is 7. The van der Waals surface area contributed by atoms with E-state index >= 15 is 0 Å². The van der Waals surface area contributed by atoms with Crippen molar-refractivity contribution < 1.29 is 19.1 Å². The minimum absolute atomic E-state index is 0.250. The quantitative estimate of drug-likeness (QED) is 0.584. The predicted octanol–water partition coefficient (Wildman–Crippen LogP) is 2.09. The third kappa shape index (κ3) is 4.73. The predicted molar refractivity (Wildman–Crippen MR) is 101 cm³/mol. The average Bonchev–Trinajstić information content (AvgIpc) is 3.21. The van der Waals surface area contributed by atoms with Crippen LogP contribution in [0.2, 0.25) is 0 Å². The summed E-state index contributed by atoms with van der Waals surface area (Å²) in [7, 11) is 3.13. The topological polar surface area (TPSA) is 86.5 Å². The largest absolute Gasteiger partial charge is 0.481 e. The van der Waals surface area contributed by atoms with Crippen LogP contribution in [0.3, 0.4) is 0 Å². The molecular formula is C20H20N4O4. The molecule has 8 heteroatoms. The number of hydrogen-bond donors (Lipinski definition) is 0. The molecule has 3 aromatic rings. The molecule has 0 saturated carbocycles. The van der Waals surface area contributed by atoms with E-state index < -0.39 is 5.97 Å². The molecule has 1 amide bonds. The zero-order chi connectivity index (χ0) is 19.9. The maximum absolute atomic E-state index is 12.2. The van der Waals surface area contributed by atoms with E-state index in [-0.39, 0.29) is 18.1 Å². The van der Waals surface area contributed by atoms with Gasteiger partial charge in [-0.05, 0) is 18.2 Å². The Bertz CT molecular complexity index is 938. The van der Waals surface area contributed by atoms with E-state index in [9.17, 15) is 9.59 Å². The van der Waals surface area contributed by atoms with Crippen LogP contribution >= 0.6 is 0 Å². The maximum Gasteiger partial charge on any atom is 0.340 e. The Morgan fingerprint density at radius 2 is 1.89 bits per heavy atom. The molecule has 28 heavy (non-hydrogen) atoms. The van der Waals surface area contributed by atoms with Gasteiger partial charge in [0.1, 0.15) is 0 Å². The number of carbonyl (C=O) groups is 2. The number of aromatic nitrogens is 3. The summed E-state index contributed by atoms with van der Waals surface area (Å²) in [5, 5.41) is 4.30. The maximum atomic E-state index is 12.2. The van der Waals surface area contributed by atoms with E-state index in [1.165, 1.54) is 24.3 Å². The van der Waals surface area contributed by atoms with Crippen molar-refractivity contribution in [3.63, 3.8) is 0 Å². The molecule has 2 heterocycles. The van der Waals surface area contributed by atoms with Gasteiger partial charge in [0.15, 0.2) is 6.61 Å². The van der Waals surface area contributed by atoms with E-state index in [1.54, 1.807) is 24.0 Å². The molecule has 144 valence electrons. The average molecular weight is 380 g/mol. The van der Waals surface area contributed by atoms with Crippen molar-refractivity contribution in [1.29, 1.82) is 0 Å². The number of methoxy groups -OCH3 is 1. The van der Waals surface area contributed by atoms with E-state index in [1.807, 2.05) is 36.5 Å². The van der Waals surface area contributed by atoms with Gasteiger partial charge in [0, 0.05) is 37.6 Å². The zero-order valence-corrected chi connectivity index (χ0v) is 15.6. The SMILES string of the molecule is COc1ccc(C(=O)OCC(=O)N(C)Cc2cnn(-c3ccccc3)c2)cn1. The van der Waals surface area contributed by atoms with Crippen LogP contribution in [0.1, 0.15) is 15.9 Å². The molecule has 0 aliphatic rings. The molecule has 3 rings (SSSR count). The highest BCUT2D eigenvalue weighted by Gasteiger charge is 2.15. The number of pyridine rings is 1. The van der Waals surface area contributed by atoms with Crippen LogP contribution in [0.4, 0.5) is 0 Å². The van der Waals surface area contributed by atoms with E-state index in [4.69, 9.17) is 9.47 Å². The number of para-hydroxylation sites is 1. The molecule has 1 aromatic carbocycles. The molecule has 0 atom stereocenters. The first-order valence-electron chi connectivity index (χ1n) is 8.57. The molecular weight excluding hydrogens is 360 g/mol. The Balaban J connectivity index is 1.52. The Kier molecular flexibility index (Phi) is 6.01. The molecule has 0 fully saturated rings. The van der Waals surface area contributed by atoms with Crippen molar-refractivity contribution in [1.82, 2.24) is 19.7 Å². The number of esters is 1. The summed E-state index contributed by atoms with van der Waals surface area (Å²) in [4.78, 5) is 29.7. The van der Waals surface area contributed by atoms with Crippen molar-refractivity contribution in [3.8, 4) is 11.6 Å². The van der Waals surface area contributed by atoms with Crippen LogP contribution in [0.25, 0.3) is 5.69 Å². The number of amides is 1. The van der Waals surface area contributed by atoms with Gasteiger partial charge in [-0.2, -0.15) is 5.10 Å². The number of nitrogens with zero attached hydrogens (tertiary/aromatic N) is 4. The summed E-state index contributed by atoms with van der Waals surface area (Å²) in [5.41, 5.74) is 2.05. The lowest BCUT2D eigenvalue weighted by Gasteiger charge is -2.16. The number of carbonyl (C=O) groups excluding carboxylic acids is 2. The fourth-order valence-corrected chi connectivity index (χ4v) is 2.47. The van der Waals surface area contributed by atoms with Crippen molar-refractivity contribution in [3.05, 3.63) is 72.2 Å². The van der Waals surface area contributed by atoms with E-state index in [2.05, 4.69) is 10.1 Å². The molecule has 0 aliphatic heterocycles. The van der Waals surface area contributed by atoms with Crippen LogP contribution in [-0.4, -0.2) is 52.3 Å². The molecule has 0 bridgehead atoms. The molecule has 0 unspecified atom stereocenters. The molecule has 0 aliphatic carbocycles. The second kappa shape index (κ2) is 8.81. The standard InChI is InChI=1S/C20H20N4O4/c1-23(12-15-10-22-24(13-15)17-6-4-3-5-7-17)19(25)14-28-20(26)16-8-9-18(27-2)21-11-16/h3-11,13H,12,14H2,1-2H3. The molecule has 0 N–H and O–H groups in total. The van der Waals surface area contributed by atoms with Gasteiger partial charge in [0.25, 0.3) is 5.91 Å². The molecule has 0 saturated heterocycles. The fraction of sp³-hybridized carbons (Fsp3) is 0.200. The lowest BCUT2D eigenvalue weighted by Crippen LogP contribution is -2.30. The normalized spacial score (nSPS) is 10.4. The summed E-state index contributed by atoms with van der Waals surface area (Å²) in [6.07, 6.45) is 4.90. The Hall–Kier alpha value is -3.68. The van der Waals surface area contributed by atoms with Gasteiger partial charge >= 0.3 is 5.97 Å². The van der Waals surface area contributed by atoms with Gasteiger partial charge in [0.05, 0.1) is 24.6 Å². The summed E-state index contributed by atoms with van der Waals surface area (Å²) in [6, 6.07) is 12.8. The minimum Gasteiger partial charge on any atom is -0.481 e. The lowest BCUT2D eigenvalue weighted by atomic mass is 10.3. The summed E-state index contributed by atoms with van der Waals surface area (Å²) in [6.45, 7) is 0.00148. The van der Waals surface area contributed by atoms with Crippen molar-refractivity contribution in [2.75, 3.05) is 20.8 Å². The second-order valence-electron chi connectivity index (χ2n) is 6.04. The van der Waals surface area contributed by atoms with E-state index in [0.29, 0.717) is 12.4 Å². The second-order valence-corrected chi connectivity index (χ2v) is 6.04. The third-order valence-electron chi connectivity index (χ3n) is 4.01. The number of hydrogen-bond acceptors (Lipinski definition) is 6. The molecule has 8 nitrogen and oxygen atoms in total.